The van der Waals surface area contributed by atoms with Crippen molar-refractivity contribution in [3.8, 4) is 0 Å². The molecule has 1 aromatic heterocycles. The lowest BCUT2D eigenvalue weighted by molar-refractivity contribution is 0.0702. The van der Waals surface area contributed by atoms with Gasteiger partial charge in [-0.2, -0.15) is 0 Å². The number of hydrogen-bond donors (Lipinski definition) is 2. The second kappa shape index (κ2) is 4.33. The zero-order chi connectivity index (χ0) is 10.8. The van der Waals surface area contributed by atoms with Crippen molar-refractivity contribution < 1.29 is 9.90 Å². The summed E-state index contributed by atoms with van der Waals surface area (Å²) >= 11 is 1.36. The summed E-state index contributed by atoms with van der Waals surface area (Å²) in [6, 6.07) is 2.44. The summed E-state index contributed by atoms with van der Waals surface area (Å²) in [5.41, 5.74) is 1.13. The molecule has 0 spiro atoms. The van der Waals surface area contributed by atoms with Gasteiger partial charge >= 0.3 is 5.97 Å². The molecule has 0 radical (unpaired) electrons. The average Bonchev–Trinajstić information content (AvgIpc) is 2.45. The van der Waals surface area contributed by atoms with E-state index in [9.17, 15) is 4.79 Å². The maximum absolute atomic E-state index is 10.8. The van der Waals surface area contributed by atoms with E-state index in [1.165, 1.54) is 30.6 Å². The van der Waals surface area contributed by atoms with Crippen LogP contribution in [0.2, 0.25) is 0 Å². The normalized spacial score (nSPS) is 16.3. The van der Waals surface area contributed by atoms with Crippen molar-refractivity contribution in [3.05, 3.63) is 21.4 Å². The van der Waals surface area contributed by atoms with Crippen molar-refractivity contribution in [3.63, 3.8) is 0 Å². The second-order valence-electron chi connectivity index (χ2n) is 4.01. The van der Waals surface area contributed by atoms with Crippen molar-refractivity contribution in [1.82, 2.24) is 5.32 Å². The van der Waals surface area contributed by atoms with Crippen molar-refractivity contribution >= 4 is 17.3 Å². The third-order valence-electron chi connectivity index (χ3n) is 2.92. The number of aromatic carboxylic acids is 1. The van der Waals surface area contributed by atoms with Gasteiger partial charge in [0.1, 0.15) is 4.88 Å². The molecule has 0 atom stereocenters. The molecule has 1 heterocycles. The van der Waals surface area contributed by atoms with Gasteiger partial charge in [0, 0.05) is 17.5 Å². The van der Waals surface area contributed by atoms with Crippen molar-refractivity contribution in [2.24, 2.45) is 0 Å². The molecule has 1 aromatic rings. The molecule has 0 saturated heterocycles. The summed E-state index contributed by atoms with van der Waals surface area (Å²) in [5, 5.41) is 12.3. The summed E-state index contributed by atoms with van der Waals surface area (Å²) in [5.74, 6) is -0.821. The molecule has 2 N–H and O–H groups in total. The van der Waals surface area contributed by atoms with E-state index < -0.39 is 5.97 Å². The van der Waals surface area contributed by atoms with Crippen molar-refractivity contribution in [2.45, 2.75) is 38.8 Å². The molecular weight excluding hydrogens is 210 g/mol. The molecule has 4 heteroatoms. The predicted octanol–water partition coefficient (Wildman–Crippen LogP) is 2.40. The molecule has 82 valence electrons. The Morgan fingerprint density at radius 2 is 2.40 bits per heavy atom. The summed E-state index contributed by atoms with van der Waals surface area (Å²) in [6.07, 6.45) is 3.84. The van der Waals surface area contributed by atoms with Crippen LogP contribution in [-0.4, -0.2) is 17.1 Å². The van der Waals surface area contributed by atoms with Crippen molar-refractivity contribution in [2.75, 3.05) is 0 Å². The summed E-state index contributed by atoms with van der Waals surface area (Å²) in [7, 11) is 0. The number of rotatable bonds is 4. The Labute approximate surface area is 93.1 Å². The number of hydrogen-bond acceptors (Lipinski definition) is 3. The van der Waals surface area contributed by atoms with Crippen LogP contribution in [0.5, 0.6) is 0 Å². The number of carboxylic acid groups (broad SMARTS) is 1. The van der Waals surface area contributed by atoms with Crippen LogP contribution in [0.4, 0.5) is 0 Å². The van der Waals surface area contributed by atoms with Gasteiger partial charge in [0.25, 0.3) is 0 Å². The number of nitrogens with one attached hydrogen (secondary N) is 1. The SMILES string of the molecule is Cc1sc(C(=O)O)cc1CNC1CCC1. The summed E-state index contributed by atoms with van der Waals surface area (Å²) in [6.45, 7) is 2.79. The van der Waals surface area contributed by atoms with E-state index in [1.54, 1.807) is 6.07 Å². The molecule has 0 unspecified atom stereocenters. The molecule has 0 bridgehead atoms. The van der Waals surface area contributed by atoms with Crippen LogP contribution in [0, 0.1) is 6.92 Å². The van der Waals surface area contributed by atoms with Gasteiger partial charge in [0.15, 0.2) is 0 Å². The van der Waals surface area contributed by atoms with Crippen LogP contribution in [0.15, 0.2) is 6.07 Å². The molecular formula is C11H15NO2S. The molecule has 3 nitrogen and oxygen atoms in total. The molecule has 1 aliphatic carbocycles. The predicted molar refractivity (Wildman–Crippen MR) is 60.5 cm³/mol. The average molecular weight is 225 g/mol. The van der Waals surface area contributed by atoms with E-state index >= 15 is 0 Å². The highest BCUT2D eigenvalue weighted by molar-refractivity contribution is 7.14. The fraction of sp³-hybridized carbons (Fsp3) is 0.545. The topological polar surface area (TPSA) is 49.3 Å². The van der Waals surface area contributed by atoms with Crippen LogP contribution in [0.3, 0.4) is 0 Å². The number of carbonyl (C=O) groups is 1. The highest BCUT2D eigenvalue weighted by Crippen LogP contribution is 2.23. The Bertz CT molecular complexity index is 369. The maximum atomic E-state index is 10.8. The largest absolute Gasteiger partial charge is 0.477 e. The zero-order valence-electron chi connectivity index (χ0n) is 8.75. The van der Waals surface area contributed by atoms with Gasteiger partial charge in [-0.05, 0) is 31.4 Å². The van der Waals surface area contributed by atoms with Gasteiger partial charge in [0.2, 0.25) is 0 Å². The third-order valence-corrected chi connectivity index (χ3v) is 4.00. The van der Waals surface area contributed by atoms with Crippen molar-refractivity contribution in [1.29, 1.82) is 0 Å². The molecule has 0 amide bonds. The van der Waals surface area contributed by atoms with Crippen LogP contribution < -0.4 is 5.32 Å². The molecule has 0 aromatic carbocycles. The first-order chi connectivity index (χ1) is 7.16. The van der Waals surface area contributed by atoms with Gasteiger partial charge in [0.05, 0.1) is 0 Å². The van der Waals surface area contributed by atoms with Gasteiger partial charge in [-0.3, -0.25) is 0 Å². The van der Waals surface area contributed by atoms with Gasteiger partial charge < -0.3 is 10.4 Å². The minimum atomic E-state index is -0.821. The van der Waals surface area contributed by atoms with Crippen LogP contribution in [0.25, 0.3) is 0 Å². The first kappa shape index (κ1) is 10.6. The lowest BCUT2D eigenvalue weighted by Crippen LogP contribution is -2.34. The lowest BCUT2D eigenvalue weighted by atomic mass is 9.93. The smallest absolute Gasteiger partial charge is 0.345 e. The van der Waals surface area contributed by atoms with Gasteiger partial charge in [-0.15, -0.1) is 11.3 Å². The Kier molecular flexibility index (Phi) is 3.07. The lowest BCUT2D eigenvalue weighted by Gasteiger charge is -2.26. The first-order valence-corrected chi connectivity index (χ1v) is 6.04. The second-order valence-corrected chi connectivity index (χ2v) is 5.26. The van der Waals surface area contributed by atoms with E-state index in [2.05, 4.69) is 5.32 Å². The van der Waals surface area contributed by atoms with Gasteiger partial charge in [-0.25, -0.2) is 4.79 Å². The van der Waals surface area contributed by atoms with E-state index in [1.807, 2.05) is 6.92 Å². The summed E-state index contributed by atoms with van der Waals surface area (Å²) in [4.78, 5) is 12.3. The zero-order valence-corrected chi connectivity index (χ0v) is 9.56. The first-order valence-electron chi connectivity index (χ1n) is 5.23. The fourth-order valence-corrected chi connectivity index (χ4v) is 2.55. The maximum Gasteiger partial charge on any atom is 0.345 e. The third kappa shape index (κ3) is 2.38. The van der Waals surface area contributed by atoms with E-state index in [-0.39, 0.29) is 0 Å². The van der Waals surface area contributed by atoms with E-state index in [4.69, 9.17) is 5.11 Å². The molecule has 2 rings (SSSR count). The highest BCUT2D eigenvalue weighted by atomic mass is 32.1. The van der Waals surface area contributed by atoms with E-state index in [0.717, 1.165) is 17.0 Å². The molecule has 1 aliphatic rings. The number of aryl methyl sites for hydroxylation is 1. The minimum Gasteiger partial charge on any atom is -0.477 e. The quantitative estimate of drug-likeness (QED) is 0.827. The Balaban J connectivity index is 1.97. The number of carboxylic acids is 1. The molecule has 1 fully saturated rings. The van der Waals surface area contributed by atoms with Crippen LogP contribution in [0.1, 0.15) is 39.4 Å². The Hall–Kier alpha value is -0.870. The molecule has 15 heavy (non-hydrogen) atoms. The summed E-state index contributed by atoms with van der Waals surface area (Å²) < 4.78 is 0. The highest BCUT2D eigenvalue weighted by Gasteiger charge is 2.17. The Morgan fingerprint density at radius 1 is 1.67 bits per heavy atom. The van der Waals surface area contributed by atoms with Crippen LogP contribution >= 0.6 is 11.3 Å². The number of thiophene rings is 1. The molecule has 1 saturated carbocycles. The van der Waals surface area contributed by atoms with Crippen LogP contribution in [-0.2, 0) is 6.54 Å². The standard InChI is InChI=1S/C11H15NO2S/c1-7-8(5-10(15-7)11(13)14)6-12-9-3-2-4-9/h5,9,12H,2-4,6H2,1H3,(H,13,14). The van der Waals surface area contributed by atoms with Gasteiger partial charge in [-0.1, -0.05) is 6.42 Å². The van der Waals surface area contributed by atoms with E-state index in [0.29, 0.717) is 10.9 Å². The monoisotopic (exact) mass is 225 g/mol. The fourth-order valence-electron chi connectivity index (χ4n) is 1.67. The Morgan fingerprint density at radius 3 is 2.87 bits per heavy atom. The minimum absolute atomic E-state index is 0.443. The molecule has 0 aliphatic heterocycles.